The van der Waals surface area contributed by atoms with Crippen LogP contribution in [0.4, 0.5) is 17.1 Å². The number of rotatable bonds is 8. The second-order valence-electron chi connectivity index (χ2n) is 34.5. The van der Waals surface area contributed by atoms with Crippen molar-refractivity contribution < 1.29 is 9.47 Å². The molecule has 2 aromatic heterocycles. The number of ether oxygens (including phenoxy) is 2. The van der Waals surface area contributed by atoms with Gasteiger partial charge in [0.25, 0.3) is 6.71 Å². The maximum Gasteiger partial charge on any atom is 0.260 e. The molecule has 0 saturated carbocycles. The lowest BCUT2D eigenvalue weighted by Crippen LogP contribution is -2.59. The molecule has 21 rings (SSSR count). The predicted molar refractivity (Wildman–Crippen MR) is 513 cm³/mol. The topological polar surface area (TPSA) is 31.6 Å². The van der Waals surface area contributed by atoms with E-state index < -0.39 is 0 Å². The molecule has 534 valence electrons. The quantitative estimate of drug-likeness (QED) is 0.143. The summed E-state index contributed by atoms with van der Waals surface area (Å²) < 4.78 is 20.3. The Kier molecular flexibility index (Phi) is 16.0. The number of aromatic nitrogens is 2. The Balaban J connectivity index is 0.901. The van der Waals surface area contributed by atoms with Gasteiger partial charge in [-0.15, -0.1) is 10.9 Å². The highest BCUT2D eigenvalue weighted by molar-refractivity contribution is 8.00. The SMILES string of the molecule is Bc1c(B)c(B)c2c(c1B)c1c(B)c(B)c(B)c(B)c1n2-c1ccc2c(c1)N(c1cc(-c3ccccc3)cc(-c3ccccc3)c1)c1cc(-c3cc4c5c(c3-c3ccccc3-c3ccccc3)Oc3ccccc3B5c3ccccc3O4)cc3c1B2c1ccc(-n2c4ccc(C(C)(C)C)cc4c4cc(C(C)(C)C)ccc42)cc1S3. The third kappa shape index (κ3) is 10.6. The van der Waals surface area contributed by atoms with Crippen LogP contribution in [-0.4, -0.2) is 85.3 Å². The molecular formula is C98H79B10N3O2S. The molecule has 6 heterocycles. The van der Waals surface area contributed by atoms with Gasteiger partial charge in [0.15, 0.2) is 0 Å². The van der Waals surface area contributed by atoms with Crippen molar-refractivity contribution >= 4 is 225 Å². The second-order valence-corrected chi connectivity index (χ2v) is 35.6. The van der Waals surface area contributed by atoms with Crippen LogP contribution in [0.15, 0.2) is 283 Å². The van der Waals surface area contributed by atoms with E-state index in [9.17, 15) is 0 Å². The summed E-state index contributed by atoms with van der Waals surface area (Å²) in [5.41, 5.74) is 41.7. The molecule has 0 spiro atoms. The zero-order chi connectivity index (χ0) is 77.8. The summed E-state index contributed by atoms with van der Waals surface area (Å²) in [5.74, 6) is 3.28. The van der Waals surface area contributed by atoms with Crippen molar-refractivity contribution in [3.63, 3.8) is 0 Å². The fourth-order valence-electron chi connectivity index (χ4n) is 19.6. The van der Waals surface area contributed by atoms with Crippen LogP contribution in [0.5, 0.6) is 23.0 Å². The highest BCUT2D eigenvalue weighted by Crippen LogP contribution is 2.53. The first-order valence-electron chi connectivity index (χ1n) is 40.3. The summed E-state index contributed by atoms with van der Waals surface area (Å²) in [7, 11) is 18.7. The van der Waals surface area contributed by atoms with E-state index in [1.807, 2.05) is 11.8 Å². The van der Waals surface area contributed by atoms with E-state index in [4.69, 9.17) is 9.47 Å². The van der Waals surface area contributed by atoms with Gasteiger partial charge >= 0.3 is 0 Å². The summed E-state index contributed by atoms with van der Waals surface area (Å²) in [6.07, 6.45) is 0. The lowest BCUT2D eigenvalue weighted by atomic mass is 9.34. The summed E-state index contributed by atoms with van der Waals surface area (Å²) in [4.78, 5) is 5.07. The standard InChI is InChI=1S/C98H79B10N3O2S/c1-97(2,3)58-34-40-72-66(47-58)67-48-59(98(4,5)6)35-41-73(67)109(72)61-37-39-71-79(50-61)114-80-46-57(65-51-78-93-96(81(65)64-29-17-16-28-63(64)54-26-14-9-15-27-54)113-77-33-21-19-31-70(77)108(93)69-30-18-20-32-76(69)112-78)45-75-92(80)107(71)68-38-36-60(111-94-82(84(99)86(101)88(103)90(94)105)83-85(100)87(102)89(104)91(106)95(83)111)49-74(68)110(75)62-43-55(52-22-10-7-11-23-52)42-56(44-62)53-24-12-8-13-25-53/h7-51H,99-106H2,1-6H3. The zero-order valence-corrected chi connectivity index (χ0v) is 68.0. The fourth-order valence-corrected chi connectivity index (χ4v) is 20.9. The Bertz CT molecular complexity index is 6830. The van der Waals surface area contributed by atoms with Crippen molar-refractivity contribution in [2.45, 2.75) is 62.2 Å². The van der Waals surface area contributed by atoms with Gasteiger partial charge in [0.2, 0.25) is 6.71 Å². The first-order valence-corrected chi connectivity index (χ1v) is 41.2. The largest absolute Gasteiger partial charge is 0.458 e. The molecule has 15 aromatic carbocycles. The molecule has 16 heteroatoms. The summed E-state index contributed by atoms with van der Waals surface area (Å²) in [6.45, 7) is 13.6. The van der Waals surface area contributed by atoms with E-state index in [0.29, 0.717) is 0 Å². The normalized spacial score (nSPS) is 13.2. The monoisotopic (exact) mass is 1470 g/mol. The number of fused-ring (bicyclic) bond motifs is 14. The molecule has 0 N–H and O–H groups in total. The van der Waals surface area contributed by atoms with Crippen LogP contribution in [0.1, 0.15) is 52.7 Å². The Morgan fingerprint density at radius 3 is 1.38 bits per heavy atom. The number of anilines is 3. The lowest BCUT2D eigenvalue weighted by Gasteiger charge is -2.41. The van der Waals surface area contributed by atoms with Crippen molar-refractivity contribution in [1.29, 1.82) is 0 Å². The van der Waals surface area contributed by atoms with E-state index >= 15 is 0 Å². The molecule has 114 heavy (non-hydrogen) atoms. The molecule has 4 aliphatic heterocycles. The molecule has 5 nitrogen and oxygen atoms in total. The predicted octanol–water partition coefficient (Wildman–Crippen LogP) is 8.37. The molecule has 0 radical (unpaired) electrons. The van der Waals surface area contributed by atoms with Gasteiger partial charge in [0, 0.05) is 71.1 Å². The van der Waals surface area contributed by atoms with Gasteiger partial charge in [-0.25, -0.2) is 0 Å². The highest BCUT2D eigenvalue weighted by Gasteiger charge is 2.46. The Morgan fingerprint density at radius 1 is 0.316 bits per heavy atom. The minimum absolute atomic E-state index is 0.0450. The number of hydrogen-bond donors (Lipinski definition) is 0. The number of hydrogen-bond acceptors (Lipinski definition) is 4. The second kappa shape index (κ2) is 25.9. The minimum atomic E-state index is -0.202. The molecule has 0 bridgehead atoms. The third-order valence-electron chi connectivity index (χ3n) is 26.2. The molecule has 0 amide bonds. The number of nitrogens with zero attached hydrogens (tertiary/aromatic N) is 3. The minimum Gasteiger partial charge on any atom is -0.458 e. The number of benzene rings is 15. The van der Waals surface area contributed by atoms with E-state index in [2.05, 4.69) is 391 Å². The van der Waals surface area contributed by atoms with Crippen molar-refractivity contribution in [1.82, 2.24) is 9.13 Å². The Morgan fingerprint density at radius 2 is 0.807 bits per heavy atom. The van der Waals surface area contributed by atoms with Gasteiger partial charge in [-0.3, -0.25) is 0 Å². The first-order chi connectivity index (χ1) is 55.1. The van der Waals surface area contributed by atoms with Gasteiger partial charge < -0.3 is 23.5 Å². The van der Waals surface area contributed by atoms with Crippen molar-refractivity contribution in [3.8, 4) is 90.0 Å². The van der Waals surface area contributed by atoms with E-state index in [0.717, 1.165) is 123 Å². The van der Waals surface area contributed by atoms with Crippen LogP contribution in [0.3, 0.4) is 0 Å². The van der Waals surface area contributed by atoms with Crippen LogP contribution in [0.2, 0.25) is 0 Å². The van der Waals surface area contributed by atoms with Crippen LogP contribution < -0.4 is 90.9 Å². The molecule has 4 aliphatic rings. The molecule has 0 atom stereocenters. The zero-order valence-electron chi connectivity index (χ0n) is 67.2. The van der Waals surface area contributed by atoms with Crippen molar-refractivity contribution in [2.75, 3.05) is 4.90 Å². The molecule has 0 fully saturated rings. The molecule has 0 unspecified atom stereocenters. The summed E-state index contributed by atoms with van der Waals surface area (Å²) in [6, 6.07) is 103. The van der Waals surface area contributed by atoms with Crippen LogP contribution in [-0.2, 0) is 10.8 Å². The lowest BCUT2D eigenvalue weighted by molar-refractivity contribution is 0.466. The van der Waals surface area contributed by atoms with E-state index in [1.165, 1.54) is 125 Å². The maximum absolute atomic E-state index is 7.69. The molecule has 17 aromatic rings. The van der Waals surface area contributed by atoms with Crippen molar-refractivity contribution in [2.24, 2.45) is 0 Å². The van der Waals surface area contributed by atoms with Gasteiger partial charge in [-0.05, 0) is 202 Å². The van der Waals surface area contributed by atoms with Crippen LogP contribution in [0, 0.1) is 0 Å². The molecule has 0 aliphatic carbocycles. The average molecular weight is 1470 g/mol. The Labute approximate surface area is 680 Å². The summed E-state index contributed by atoms with van der Waals surface area (Å²) in [5, 5.41) is 5.22. The van der Waals surface area contributed by atoms with Gasteiger partial charge in [0.05, 0.1) is 11.0 Å². The van der Waals surface area contributed by atoms with Crippen LogP contribution >= 0.6 is 11.8 Å². The van der Waals surface area contributed by atoms with Gasteiger partial charge in [-0.1, -0.05) is 267 Å². The van der Waals surface area contributed by atoms with E-state index in [1.54, 1.807) is 0 Å². The smallest absolute Gasteiger partial charge is 0.260 e. The first kappa shape index (κ1) is 70.2. The average Bonchev–Trinajstić information content (AvgIpc) is 0.904. The summed E-state index contributed by atoms with van der Waals surface area (Å²) >= 11 is 1.91. The Hall–Kier alpha value is -11.7. The van der Waals surface area contributed by atoms with Gasteiger partial charge in [-0.2, -0.15) is 0 Å². The fraction of sp³-hybridized carbons (Fsp3) is 0.0816. The van der Waals surface area contributed by atoms with Gasteiger partial charge in [0.1, 0.15) is 85.8 Å². The molecular weight excluding hydrogens is 1390 g/mol. The molecule has 0 saturated heterocycles. The number of para-hydroxylation sites is 2. The third-order valence-corrected chi connectivity index (χ3v) is 27.3. The van der Waals surface area contributed by atoms with E-state index in [-0.39, 0.29) is 24.3 Å². The van der Waals surface area contributed by atoms with Crippen LogP contribution in [0.25, 0.3) is 111 Å². The highest BCUT2D eigenvalue weighted by atomic mass is 32.2. The van der Waals surface area contributed by atoms with Crippen molar-refractivity contribution in [3.05, 3.63) is 284 Å². The maximum atomic E-state index is 7.69.